The van der Waals surface area contributed by atoms with Gasteiger partial charge in [0.1, 0.15) is 5.97 Å². The normalized spacial score (nSPS) is 10.7. The predicted octanol–water partition coefficient (Wildman–Crippen LogP) is -2.60. The third-order valence-corrected chi connectivity index (χ3v) is 1.47. The van der Waals surface area contributed by atoms with Crippen molar-refractivity contribution in [3.05, 3.63) is 47.3 Å². The Morgan fingerprint density at radius 2 is 1.92 bits per heavy atom. The van der Waals surface area contributed by atoms with Gasteiger partial charge in [-0.1, -0.05) is 30.3 Å². The van der Waals surface area contributed by atoms with E-state index in [-0.39, 0.29) is 51.4 Å². The number of aliphatic carboxylic acids is 1. The summed E-state index contributed by atoms with van der Waals surface area (Å²) in [5.41, 5.74) is 0.465. The quantitative estimate of drug-likeness (QED) is 0.387. The molecule has 0 bridgehead atoms. The second-order valence-electron chi connectivity index (χ2n) is 2.26. The number of benzene rings is 1. The van der Waals surface area contributed by atoms with Gasteiger partial charge in [0.2, 0.25) is 0 Å². The van der Waals surface area contributed by atoms with Crippen LogP contribution in [0.25, 0.3) is 4.85 Å². The first-order valence-corrected chi connectivity index (χ1v) is 3.38. The second kappa shape index (κ2) is 6.30. The minimum Gasteiger partial charge on any atom is -0.542 e. The van der Waals surface area contributed by atoms with Crippen molar-refractivity contribution in [2.45, 2.75) is 6.04 Å². The Balaban J connectivity index is 0.00000144. The van der Waals surface area contributed by atoms with E-state index in [1.165, 1.54) is 0 Å². The van der Waals surface area contributed by atoms with Gasteiger partial charge in [0, 0.05) is 5.56 Å². The molecule has 0 aliphatic carbocycles. The summed E-state index contributed by atoms with van der Waals surface area (Å²) in [6, 6.07) is 7.16. The molecular formula is C9H6KNO2. The molecule has 13 heavy (non-hydrogen) atoms. The molecule has 0 saturated carbocycles. The summed E-state index contributed by atoms with van der Waals surface area (Å²) < 4.78 is 0. The first kappa shape index (κ1) is 12.8. The Kier molecular flexibility index (Phi) is 6.21. The number of carboxylic acid groups (broad SMARTS) is 1. The topological polar surface area (TPSA) is 44.5 Å². The molecule has 1 atom stereocenters. The number of hydrogen-bond acceptors (Lipinski definition) is 2. The van der Waals surface area contributed by atoms with Crippen LogP contribution >= 0.6 is 0 Å². The average molecular weight is 199 g/mol. The van der Waals surface area contributed by atoms with Gasteiger partial charge in [-0.2, -0.15) is 0 Å². The Labute approximate surface area is 119 Å². The molecule has 0 spiro atoms. The van der Waals surface area contributed by atoms with Crippen LogP contribution in [0.2, 0.25) is 0 Å². The smallest absolute Gasteiger partial charge is 0.542 e. The molecule has 0 aliphatic rings. The van der Waals surface area contributed by atoms with E-state index in [0.29, 0.717) is 5.56 Å². The Morgan fingerprint density at radius 3 is 2.31 bits per heavy atom. The van der Waals surface area contributed by atoms with Crippen molar-refractivity contribution in [1.29, 1.82) is 0 Å². The van der Waals surface area contributed by atoms with E-state index in [2.05, 4.69) is 4.85 Å². The summed E-state index contributed by atoms with van der Waals surface area (Å²) in [6.07, 6.45) is 0. The maximum Gasteiger partial charge on any atom is 1.00 e. The maximum absolute atomic E-state index is 10.4. The van der Waals surface area contributed by atoms with Gasteiger partial charge < -0.3 is 14.7 Å². The molecule has 3 nitrogen and oxygen atoms in total. The first-order valence-electron chi connectivity index (χ1n) is 3.38. The van der Waals surface area contributed by atoms with Crippen molar-refractivity contribution >= 4 is 5.97 Å². The van der Waals surface area contributed by atoms with Crippen molar-refractivity contribution in [2.75, 3.05) is 0 Å². The van der Waals surface area contributed by atoms with Crippen molar-refractivity contribution in [2.24, 2.45) is 0 Å². The van der Waals surface area contributed by atoms with Crippen LogP contribution in [0.4, 0.5) is 0 Å². The summed E-state index contributed by atoms with van der Waals surface area (Å²) in [6.45, 7) is 6.63. The van der Waals surface area contributed by atoms with Crippen LogP contribution in [0.3, 0.4) is 0 Å². The van der Waals surface area contributed by atoms with Gasteiger partial charge in [0.15, 0.2) is 0 Å². The van der Waals surface area contributed by atoms with Crippen LogP contribution in [0.5, 0.6) is 0 Å². The maximum atomic E-state index is 10.4. The SMILES string of the molecule is [C-]#[N+]C(C(=O)[O-])c1ccccc1.[K+]. The monoisotopic (exact) mass is 199 g/mol. The van der Waals surface area contributed by atoms with E-state index in [4.69, 9.17) is 6.57 Å². The van der Waals surface area contributed by atoms with Crippen molar-refractivity contribution in [1.82, 2.24) is 0 Å². The third kappa shape index (κ3) is 3.59. The van der Waals surface area contributed by atoms with E-state index in [1.807, 2.05) is 0 Å². The standard InChI is InChI=1S/C9H7NO2.K/c1-10-8(9(11)12)7-5-3-2-4-6-7;/h2-6,8H,(H,11,12);/q;+1/p-1. The molecule has 1 rings (SSSR count). The van der Waals surface area contributed by atoms with Gasteiger partial charge in [-0.15, -0.1) is 0 Å². The first-order chi connectivity index (χ1) is 5.75. The Bertz CT molecular complexity index is 318. The van der Waals surface area contributed by atoms with Gasteiger partial charge in [0.25, 0.3) is 6.04 Å². The Hall–Kier alpha value is -0.184. The predicted molar refractivity (Wildman–Crippen MR) is 40.8 cm³/mol. The van der Waals surface area contributed by atoms with E-state index in [9.17, 15) is 9.90 Å². The molecule has 0 amide bonds. The summed E-state index contributed by atoms with van der Waals surface area (Å²) in [7, 11) is 0. The van der Waals surface area contributed by atoms with E-state index in [1.54, 1.807) is 30.3 Å². The summed E-state index contributed by atoms with van der Waals surface area (Å²) >= 11 is 0. The van der Waals surface area contributed by atoms with Crippen LogP contribution in [0.15, 0.2) is 30.3 Å². The molecule has 4 heteroatoms. The van der Waals surface area contributed by atoms with Crippen molar-refractivity contribution in [3.63, 3.8) is 0 Å². The van der Waals surface area contributed by atoms with Gasteiger partial charge in [-0.3, -0.25) is 0 Å². The van der Waals surface area contributed by atoms with E-state index in [0.717, 1.165) is 0 Å². The minimum absolute atomic E-state index is 0. The summed E-state index contributed by atoms with van der Waals surface area (Å²) in [5, 5.41) is 10.4. The number of carbonyl (C=O) groups is 1. The summed E-state index contributed by atoms with van der Waals surface area (Å²) in [4.78, 5) is 13.4. The molecule has 1 aromatic rings. The molecular weight excluding hydrogens is 193 g/mol. The largest absolute Gasteiger partial charge is 1.00 e. The number of carboxylic acids is 1. The van der Waals surface area contributed by atoms with Crippen molar-refractivity contribution in [3.8, 4) is 0 Å². The zero-order chi connectivity index (χ0) is 8.97. The zero-order valence-corrected chi connectivity index (χ0v) is 10.4. The molecule has 1 unspecified atom stereocenters. The van der Waals surface area contributed by atoms with Crippen molar-refractivity contribution < 1.29 is 61.3 Å². The average Bonchev–Trinajstić information content (AvgIpc) is 2.07. The molecule has 0 fully saturated rings. The molecule has 0 aliphatic heterocycles. The fraction of sp³-hybridized carbons (Fsp3) is 0.111. The van der Waals surface area contributed by atoms with Gasteiger partial charge in [-0.25, -0.2) is 6.57 Å². The van der Waals surface area contributed by atoms with Gasteiger partial charge >= 0.3 is 51.4 Å². The molecule has 0 N–H and O–H groups in total. The summed E-state index contributed by atoms with van der Waals surface area (Å²) in [5.74, 6) is -1.35. The van der Waals surface area contributed by atoms with Crippen LogP contribution in [0, 0.1) is 6.57 Å². The van der Waals surface area contributed by atoms with Crippen LogP contribution in [0.1, 0.15) is 11.6 Å². The number of carbonyl (C=O) groups excluding carboxylic acids is 1. The fourth-order valence-electron chi connectivity index (χ4n) is 0.899. The Morgan fingerprint density at radius 1 is 1.38 bits per heavy atom. The molecule has 0 aromatic heterocycles. The number of nitrogens with zero attached hydrogens (tertiary/aromatic N) is 1. The van der Waals surface area contributed by atoms with Crippen LogP contribution in [-0.2, 0) is 4.79 Å². The number of hydrogen-bond donors (Lipinski definition) is 0. The zero-order valence-electron chi connectivity index (χ0n) is 7.23. The second-order valence-corrected chi connectivity index (χ2v) is 2.26. The van der Waals surface area contributed by atoms with Crippen LogP contribution < -0.4 is 56.5 Å². The molecule has 0 heterocycles. The van der Waals surface area contributed by atoms with E-state index >= 15 is 0 Å². The van der Waals surface area contributed by atoms with Gasteiger partial charge in [-0.05, 0) is 0 Å². The molecule has 1 aromatic carbocycles. The van der Waals surface area contributed by atoms with Crippen LogP contribution in [-0.4, -0.2) is 5.97 Å². The van der Waals surface area contributed by atoms with E-state index < -0.39 is 12.0 Å². The molecule has 0 radical (unpaired) electrons. The third-order valence-electron chi connectivity index (χ3n) is 1.47. The minimum atomic E-state index is -1.35. The fourth-order valence-corrected chi connectivity index (χ4v) is 0.899. The molecule has 0 saturated heterocycles. The molecule has 60 valence electrons. The number of rotatable bonds is 2. The van der Waals surface area contributed by atoms with Gasteiger partial charge in [0.05, 0.1) is 0 Å².